The zero-order chi connectivity index (χ0) is 14.4. The van der Waals surface area contributed by atoms with Gasteiger partial charge in [-0.25, -0.2) is 0 Å². The Bertz CT molecular complexity index is 879. The third kappa shape index (κ3) is 1.83. The lowest BCUT2D eigenvalue weighted by molar-refractivity contribution is 0.100. The second-order valence-electron chi connectivity index (χ2n) is 5.84. The van der Waals surface area contributed by atoms with Crippen LogP contribution in [-0.4, -0.2) is 5.91 Å². The summed E-state index contributed by atoms with van der Waals surface area (Å²) in [5, 5.41) is 4.64. The van der Waals surface area contributed by atoms with E-state index in [-0.39, 0.29) is 5.91 Å². The standard InChI is InChI=1S/C19H17NO/c20-19(21)18-7-3-6-14-16-9-8-12-4-1-2-5-13(12)15(16)10-11-17(14)18/h3,6-11H,1-2,4-5H2,(H2,20,21). The van der Waals surface area contributed by atoms with E-state index in [1.807, 2.05) is 12.1 Å². The minimum Gasteiger partial charge on any atom is -0.366 e. The first-order chi connectivity index (χ1) is 10.3. The Labute approximate surface area is 123 Å². The van der Waals surface area contributed by atoms with Gasteiger partial charge in [0.15, 0.2) is 0 Å². The minimum atomic E-state index is -0.363. The summed E-state index contributed by atoms with van der Waals surface area (Å²) < 4.78 is 0. The molecule has 2 N–H and O–H groups in total. The van der Waals surface area contributed by atoms with Crippen molar-refractivity contribution in [3.8, 4) is 0 Å². The molecule has 1 aliphatic carbocycles. The number of hydrogen-bond acceptors (Lipinski definition) is 1. The van der Waals surface area contributed by atoms with Gasteiger partial charge < -0.3 is 5.73 Å². The van der Waals surface area contributed by atoms with E-state index in [1.54, 1.807) is 6.07 Å². The van der Waals surface area contributed by atoms with E-state index in [2.05, 4.69) is 24.3 Å². The highest BCUT2D eigenvalue weighted by atomic mass is 16.1. The lowest BCUT2D eigenvalue weighted by atomic mass is 9.86. The van der Waals surface area contributed by atoms with Crippen LogP contribution in [0.15, 0.2) is 42.5 Å². The summed E-state index contributed by atoms with van der Waals surface area (Å²) in [5.41, 5.74) is 9.08. The molecule has 0 fully saturated rings. The van der Waals surface area contributed by atoms with E-state index in [4.69, 9.17) is 5.73 Å². The average Bonchev–Trinajstić information content (AvgIpc) is 2.53. The first kappa shape index (κ1) is 12.4. The maximum absolute atomic E-state index is 11.6. The number of carbonyl (C=O) groups excluding carboxylic acids is 1. The van der Waals surface area contributed by atoms with Crippen LogP contribution in [0.5, 0.6) is 0 Å². The fourth-order valence-corrected chi connectivity index (χ4v) is 3.64. The Hall–Kier alpha value is -2.35. The highest BCUT2D eigenvalue weighted by Gasteiger charge is 2.14. The second kappa shape index (κ2) is 4.59. The molecule has 0 saturated carbocycles. The van der Waals surface area contributed by atoms with Gasteiger partial charge in [-0.3, -0.25) is 4.79 Å². The van der Waals surface area contributed by atoms with Gasteiger partial charge in [0.1, 0.15) is 0 Å². The van der Waals surface area contributed by atoms with Crippen LogP contribution in [0, 0.1) is 0 Å². The van der Waals surface area contributed by atoms with Gasteiger partial charge in [-0.05, 0) is 64.4 Å². The fraction of sp³-hybridized carbons (Fsp3) is 0.211. The number of nitrogens with two attached hydrogens (primary N) is 1. The van der Waals surface area contributed by atoms with Gasteiger partial charge >= 0.3 is 0 Å². The SMILES string of the molecule is NC(=O)c1cccc2c1ccc1c3c(ccc12)CCCC3. The summed E-state index contributed by atoms with van der Waals surface area (Å²) in [6, 6.07) is 14.5. The molecule has 0 heterocycles. The largest absolute Gasteiger partial charge is 0.366 e. The van der Waals surface area contributed by atoms with Crippen molar-refractivity contribution < 1.29 is 4.79 Å². The second-order valence-corrected chi connectivity index (χ2v) is 5.84. The van der Waals surface area contributed by atoms with Crippen LogP contribution in [0.1, 0.15) is 34.3 Å². The number of carbonyl (C=O) groups is 1. The van der Waals surface area contributed by atoms with Crippen molar-refractivity contribution >= 4 is 27.5 Å². The number of fused-ring (bicyclic) bond motifs is 5. The molecule has 0 atom stereocenters. The molecular formula is C19H17NO. The summed E-state index contributed by atoms with van der Waals surface area (Å²) in [6.45, 7) is 0. The van der Waals surface area contributed by atoms with Crippen LogP contribution < -0.4 is 5.73 Å². The van der Waals surface area contributed by atoms with Gasteiger partial charge in [0.05, 0.1) is 0 Å². The summed E-state index contributed by atoms with van der Waals surface area (Å²) in [5.74, 6) is -0.363. The zero-order valence-corrected chi connectivity index (χ0v) is 11.9. The first-order valence-corrected chi connectivity index (χ1v) is 7.52. The van der Waals surface area contributed by atoms with Crippen molar-refractivity contribution in [2.45, 2.75) is 25.7 Å². The quantitative estimate of drug-likeness (QED) is 0.671. The molecular weight excluding hydrogens is 258 g/mol. The molecule has 1 aliphatic rings. The molecule has 0 bridgehead atoms. The molecule has 0 aromatic heterocycles. The molecule has 0 aliphatic heterocycles. The summed E-state index contributed by atoms with van der Waals surface area (Å²) in [4.78, 5) is 11.6. The van der Waals surface area contributed by atoms with Gasteiger partial charge in [-0.15, -0.1) is 0 Å². The molecule has 3 aromatic rings. The lowest BCUT2D eigenvalue weighted by Crippen LogP contribution is -2.11. The van der Waals surface area contributed by atoms with Crippen molar-refractivity contribution in [3.63, 3.8) is 0 Å². The Kier molecular flexibility index (Phi) is 2.71. The van der Waals surface area contributed by atoms with E-state index >= 15 is 0 Å². The zero-order valence-electron chi connectivity index (χ0n) is 11.9. The van der Waals surface area contributed by atoms with E-state index in [0.717, 1.165) is 17.2 Å². The van der Waals surface area contributed by atoms with Gasteiger partial charge in [0.2, 0.25) is 5.91 Å². The molecule has 3 aromatic carbocycles. The Morgan fingerprint density at radius 1 is 0.810 bits per heavy atom. The highest BCUT2D eigenvalue weighted by Crippen LogP contribution is 2.34. The van der Waals surface area contributed by atoms with Gasteiger partial charge in [0, 0.05) is 5.56 Å². The molecule has 0 radical (unpaired) electrons. The Balaban J connectivity index is 2.11. The van der Waals surface area contributed by atoms with Crippen LogP contribution in [0.25, 0.3) is 21.5 Å². The van der Waals surface area contributed by atoms with Crippen LogP contribution in [0.2, 0.25) is 0 Å². The average molecular weight is 275 g/mol. The summed E-state index contributed by atoms with van der Waals surface area (Å²) in [7, 11) is 0. The molecule has 104 valence electrons. The molecule has 0 spiro atoms. The predicted octanol–water partition coefficient (Wildman–Crippen LogP) is 3.97. The third-order valence-electron chi connectivity index (χ3n) is 4.66. The normalized spacial score (nSPS) is 14.3. The lowest BCUT2D eigenvalue weighted by Gasteiger charge is -2.19. The van der Waals surface area contributed by atoms with Crippen molar-refractivity contribution in [2.75, 3.05) is 0 Å². The van der Waals surface area contributed by atoms with Gasteiger partial charge in [0.25, 0.3) is 0 Å². The van der Waals surface area contributed by atoms with Crippen molar-refractivity contribution in [1.29, 1.82) is 0 Å². The molecule has 21 heavy (non-hydrogen) atoms. The number of rotatable bonds is 1. The molecule has 2 nitrogen and oxygen atoms in total. The molecule has 0 unspecified atom stereocenters. The number of benzene rings is 3. The van der Waals surface area contributed by atoms with Crippen LogP contribution >= 0.6 is 0 Å². The maximum Gasteiger partial charge on any atom is 0.249 e. The van der Waals surface area contributed by atoms with Gasteiger partial charge in [-0.2, -0.15) is 0 Å². The van der Waals surface area contributed by atoms with Crippen LogP contribution in [0.3, 0.4) is 0 Å². The maximum atomic E-state index is 11.6. The third-order valence-corrected chi connectivity index (χ3v) is 4.66. The van der Waals surface area contributed by atoms with E-state index in [0.29, 0.717) is 5.56 Å². The topological polar surface area (TPSA) is 43.1 Å². The van der Waals surface area contributed by atoms with E-state index in [9.17, 15) is 4.79 Å². The molecule has 4 rings (SSSR count). The smallest absolute Gasteiger partial charge is 0.249 e. The molecule has 2 heteroatoms. The minimum absolute atomic E-state index is 0.363. The molecule has 1 amide bonds. The van der Waals surface area contributed by atoms with E-state index < -0.39 is 0 Å². The number of aryl methyl sites for hydroxylation is 2. The van der Waals surface area contributed by atoms with Crippen molar-refractivity contribution in [3.05, 3.63) is 59.2 Å². The number of hydrogen-bond donors (Lipinski definition) is 1. The monoisotopic (exact) mass is 275 g/mol. The fourth-order valence-electron chi connectivity index (χ4n) is 3.64. The van der Waals surface area contributed by atoms with E-state index in [1.165, 1.54) is 41.2 Å². The highest BCUT2D eigenvalue weighted by molar-refractivity contribution is 6.15. The van der Waals surface area contributed by atoms with Crippen LogP contribution in [0.4, 0.5) is 0 Å². The molecule has 0 saturated heterocycles. The predicted molar refractivity (Wildman–Crippen MR) is 86.6 cm³/mol. The number of primary amides is 1. The number of amides is 1. The summed E-state index contributed by atoms with van der Waals surface area (Å²) in [6.07, 6.45) is 4.90. The van der Waals surface area contributed by atoms with Crippen molar-refractivity contribution in [2.24, 2.45) is 5.73 Å². The first-order valence-electron chi connectivity index (χ1n) is 7.52. The Morgan fingerprint density at radius 2 is 1.52 bits per heavy atom. The van der Waals surface area contributed by atoms with Gasteiger partial charge in [-0.1, -0.05) is 36.4 Å². The van der Waals surface area contributed by atoms with Crippen LogP contribution in [-0.2, 0) is 12.8 Å². The Morgan fingerprint density at radius 3 is 2.38 bits per heavy atom. The summed E-state index contributed by atoms with van der Waals surface area (Å²) >= 11 is 0. The van der Waals surface area contributed by atoms with Crippen molar-refractivity contribution in [1.82, 2.24) is 0 Å².